The van der Waals surface area contributed by atoms with Crippen LogP contribution in [0.5, 0.6) is 0 Å². The fraction of sp³-hybridized carbons (Fsp3) is 0.478. The summed E-state index contributed by atoms with van der Waals surface area (Å²) in [6, 6.07) is 16.1. The minimum atomic E-state index is -0.187. The van der Waals surface area contributed by atoms with Gasteiger partial charge in [-0.1, -0.05) is 24.3 Å². The van der Waals surface area contributed by atoms with Crippen LogP contribution in [0.1, 0.15) is 19.3 Å². The Morgan fingerprint density at radius 3 is 2.44 bits per heavy atom. The van der Waals surface area contributed by atoms with Crippen LogP contribution in [-0.4, -0.2) is 50.8 Å². The normalized spacial score (nSPS) is 21.7. The molecule has 2 fully saturated rings. The van der Waals surface area contributed by atoms with E-state index in [1.165, 1.54) is 44.1 Å². The smallest absolute Gasteiger partial charge is 0.123 e. The zero-order valence-electron chi connectivity index (χ0n) is 16.1. The quantitative estimate of drug-likeness (QED) is 0.776. The lowest BCUT2D eigenvalue weighted by Gasteiger charge is -2.38. The van der Waals surface area contributed by atoms with E-state index in [1.807, 2.05) is 6.07 Å². The SMILES string of the molecule is COC[C@H]1CCN(C2CCN(c3ccc(-c4cccc(F)c4)cc3)CC2)C1. The number of likely N-dealkylation sites (tertiary alicyclic amines) is 1. The maximum atomic E-state index is 13.4. The van der Waals surface area contributed by atoms with Crippen molar-refractivity contribution in [3.05, 3.63) is 54.3 Å². The molecule has 0 saturated carbocycles. The Balaban J connectivity index is 1.33. The predicted octanol–water partition coefficient (Wildman–Crippen LogP) is 4.43. The third kappa shape index (κ3) is 4.33. The first kappa shape index (κ1) is 18.5. The molecule has 0 radical (unpaired) electrons. The van der Waals surface area contributed by atoms with Gasteiger partial charge in [0.25, 0.3) is 0 Å². The van der Waals surface area contributed by atoms with Gasteiger partial charge in [-0.25, -0.2) is 4.39 Å². The van der Waals surface area contributed by atoms with Gasteiger partial charge in [-0.2, -0.15) is 0 Å². The summed E-state index contributed by atoms with van der Waals surface area (Å²) in [5, 5.41) is 0. The molecule has 3 nitrogen and oxygen atoms in total. The number of piperidine rings is 1. The molecule has 2 aromatic rings. The Hall–Kier alpha value is -1.91. The third-order valence-corrected chi connectivity index (χ3v) is 6.09. The van der Waals surface area contributed by atoms with Crippen LogP contribution in [0.15, 0.2) is 48.5 Å². The fourth-order valence-electron chi connectivity index (χ4n) is 4.59. The molecule has 0 aliphatic carbocycles. The van der Waals surface area contributed by atoms with E-state index in [-0.39, 0.29) is 5.82 Å². The second-order valence-corrected chi connectivity index (χ2v) is 7.88. The van der Waals surface area contributed by atoms with Gasteiger partial charge in [0, 0.05) is 38.5 Å². The van der Waals surface area contributed by atoms with Crippen molar-refractivity contribution in [2.45, 2.75) is 25.3 Å². The highest BCUT2D eigenvalue weighted by Crippen LogP contribution is 2.28. The van der Waals surface area contributed by atoms with E-state index in [0.717, 1.165) is 36.9 Å². The average Bonchev–Trinajstić information content (AvgIpc) is 3.17. The maximum absolute atomic E-state index is 13.4. The molecule has 2 heterocycles. The molecule has 2 saturated heterocycles. The highest BCUT2D eigenvalue weighted by atomic mass is 19.1. The van der Waals surface area contributed by atoms with Crippen LogP contribution in [0.3, 0.4) is 0 Å². The van der Waals surface area contributed by atoms with E-state index in [0.29, 0.717) is 5.92 Å². The number of rotatable bonds is 5. The molecule has 0 spiro atoms. The highest BCUT2D eigenvalue weighted by molar-refractivity contribution is 5.66. The van der Waals surface area contributed by atoms with Crippen LogP contribution < -0.4 is 4.90 Å². The number of benzene rings is 2. The van der Waals surface area contributed by atoms with Crippen molar-refractivity contribution in [3.8, 4) is 11.1 Å². The summed E-state index contributed by atoms with van der Waals surface area (Å²) >= 11 is 0. The summed E-state index contributed by atoms with van der Waals surface area (Å²) < 4.78 is 18.8. The van der Waals surface area contributed by atoms with Gasteiger partial charge >= 0.3 is 0 Å². The first-order valence-electron chi connectivity index (χ1n) is 10.1. The Morgan fingerprint density at radius 2 is 1.74 bits per heavy atom. The second kappa shape index (κ2) is 8.41. The first-order valence-corrected chi connectivity index (χ1v) is 10.1. The number of hydrogen-bond acceptors (Lipinski definition) is 3. The maximum Gasteiger partial charge on any atom is 0.123 e. The minimum absolute atomic E-state index is 0.187. The lowest BCUT2D eigenvalue weighted by atomic mass is 10.0. The van der Waals surface area contributed by atoms with E-state index < -0.39 is 0 Å². The van der Waals surface area contributed by atoms with Gasteiger partial charge in [-0.15, -0.1) is 0 Å². The van der Waals surface area contributed by atoms with Crippen molar-refractivity contribution in [1.82, 2.24) is 4.90 Å². The van der Waals surface area contributed by atoms with Crippen molar-refractivity contribution in [3.63, 3.8) is 0 Å². The standard InChI is InChI=1S/C23H29FN2O/c1-27-17-18-9-12-26(16-18)23-10-13-25(14-11-23)22-7-5-19(6-8-22)20-3-2-4-21(24)15-20/h2-8,15,18,23H,9-14,16-17H2,1H3/t18-/m0/s1. The van der Waals surface area contributed by atoms with Crippen molar-refractivity contribution in [1.29, 1.82) is 0 Å². The van der Waals surface area contributed by atoms with Gasteiger partial charge in [-0.3, -0.25) is 4.90 Å². The Morgan fingerprint density at radius 1 is 0.963 bits per heavy atom. The number of ether oxygens (including phenoxy) is 1. The van der Waals surface area contributed by atoms with E-state index >= 15 is 0 Å². The summed E-state index contributed by atoms with van der Waals surface area (Å²) in [6.45, 7) is 5.53. The number of methoxy groups -OCH3 is 1. The number of nitrogens with zero attached hydrogens (tertiary/aromatic N) is 2. The van der Waals surface area contributed by atoms with E-state index in [4.69, 9.17) is 4.74 Å². The molecule has 2 aliphatic heterocycles. The molecule has 2 aliphatic rings. The molecule has 0 unspecified atom stereocenters. The molecule has 0 amide bonds. The average molecular weight is 368 g/mol. The summed E-state index contributed by atoms with van der Waals surface area (Å²) in [5.41, 5.74) is 3.27. The van der Waals surface area contributed by atoms with Gasteiger partial charge < -0.3 is 9.64 Å². The van der Waals surface area contributed by atoms with Gasteiger partial charge in [0.05, 0.1) is 6.61 Å². The Bertz CT molecular complexity index is 740. The Kier molecular flexibility index (Phi) is 5.74. The first-order chi connectivity index (χ1) is 13.2. The molecule has 0 N–H and O–H groups in total. The van der Waals surface area contributed by atoms with Gasteiger partial charge in [-0.05, 0) is 67.1 Å². The van der Waals surface area contributed by atoms with Gasteiger partial charge in [0.15, 0.2) is 0 Å². The molecule has 4 heteroatoms. The molecule has 1 atom stereocenters. The van der Waals surface area contributed by atoms with Crippen LogP contribution in [0.4, 0.5) is 10.1 Å². The molecule has 2 aromatic carbocycles. The predicted molar refractivity (Wildman–Crippen MR) is 109 cm³/mol. The van der Waals surface area contributed by atoms with Crippen LogP contribution in [0.2, 0.25) is 0 Å². The molecule has 4 rings (SSSR count). The molecular weight excluding hydrogens is 339 g/mol. The molecule has 27 heavy (non-hydrogen) atoms. The molecule has 0 bridgehead atoms. The van der Waals surface area contributed by atoms with E-state index in [2.05, 4.69) is 34.1 Å². The lowest BCUT2D eigenvalue weighted by molar-refractivity contribution is 0.142. The second-order valence-electron chi connectivity index (χ2n) is 7.88. The van der Waals surface area contributed by atoms with Gasteiger partial charge in [0.2, 0.25) is 0 Å². The zero-order valence-corrected chi connectivity index (χ0v) is 16.1. The van der Waals surface area contributed by atoms with Crippen molar-refractivity contribution in [2.75, 3.05) is 44.8 Å². The number of hydrogen-bond donors (Lipinski definition) is 0. The number of halogens is 1. The van der Waals surface area contributed by atoms with Crippen molar-refractivity contribution in [2.24, 2.45) is 5.92 Å². The van der Waals surface area contributed by atoms with Crippen molar-refractivity contribution < 1.29 is 9.13 Å². The topological polar surface area (TPSA) is 15.7 Å². The van der Waals surface area contributed by atoms with Crippen molar-refractivity contribution >= 4 is 5.69 Å². The van der Waals surface area contributed by atoms with Crippen LogP contribution in [-0.2, 0) is 4.74 Å². The third-order valence-electron chi connectivity index (χ3n) is 6.09. The summed E-state index contributed by atoms with van der Waals surface area (Å²) in [5.74, 6) is 0.525. The van der Waals surface area contributed by atoms with Crippen LogP contribution in [0.25, 0.3) is 11.1 Å². The highest BCUT2D eigenvalue weighted by Gasteiger charge is 2.30. The Labute approximate surface area is 161 Å². The van der Waals surface area contributed by atoms with Crippen LogP contribution >= 0.6 is 0 Å². The zero-order chi connectivity index (χ0) is 18.6. The monoisotopic (exact) mass is 368 g/mol. The molecule has 144 valence electrons. The molecule has 0 aromatic heterocycles. The van der Waals surface area contributed by atoms with E-state index in [1.54, 1.807) is 19.2 Å². The number of anilines is 1. The minimum Gasteiger partial charge on any atom is -0.384 e. The fourth-order valence-corrected chi connectivity index (χ4v) is 4.59. The van der Waals surface area contributed by atoms with Crippen LogP contribution in [0, 0.1) is 11.7 Å². The van der Waals surface area contributed by atoms with E-state index in [9.17, 15) is 4.39 Å². The molecular formula is C23H29FN2O. The largest absolute Gasteiger partial charge is 0.384 e. The lowest BCUT2D eigenvalue weighted by Crippen LogP contribution is -2.44. The summed E-state index contributed by atoms with van der Waals surface area (Å²) in [6.07, 6.45) is 3.73. The summed E-state index contributed by atoms with van der Waals surface area (Å²) in [7, 11) is 1.81. The van der Waals surface area contributed by atoms with Gasteiger partial charge in [0.1, 0.15) is 5.82 Å². The summed E-state index contributed by atoms with van der Waals surface area (Å²) in [4.78, 5) is 5.16.